The molecule has 0 bridgehead atoms. The van der Waals surface area contributed by atoms with Gasteiger partial charge in [0.1, 0.15) is 0 Å². The van der Waals surface area contributed by atoms with E-state index in [1.54, 1.807) is 0 Å². The number of piperidine rings is 1. The molecular formula is C10H18N2. The molecule has 12 heavy (non-hydrogen) atoms. The molecule has 0 radical (unpaired) electrons. The zero-order chi connectivity index (χ0) is 8.81. The van der Waals surface area contributed by atoms with Crippen LogP contribution in [0.3, 0.4) is 0 Å². The first-order chi connectivity index (χ1) is 5.83. The van der Waals surface area contributed by atoms with Gasteiger partial charge in [0.15, 0.2) is 0 Å². The largest absolute Gasteiger partial charge is 0.303 e. The lowest BCUT2D eigenvalue weighted by atomic mass is 10.1. The van der Waals surface area contributed by atoms with E-state index in [1.807, 2.05) is 6.92 Å². The van der Waals surface area contributed by atoms with Crippen molar-refractivity contribution in [1.82, 2.24) is 4.90 Å². The van der Waals surface area contributed by atoms with Gasteiger partial charge in [0.25, 0.3) is 0 Å². The van der Waals surface area contributed by atoms with Gasteiger partial charge in [0, 0.05) is 5.92 Å². The molecule has 0 aliphatic carbocycles. The Morgan fingerprint density at radius 3 is 2.58 bits per heavy atom. The number of nitriles is 1. The first kappa shape index (κ1) is 9.54. The Morgan fingerprint density at radius 1 is 1.33 bits per heavy atom. The van der Waals surface area contributed by atoms with E-state index >= 15 is 0 Å². The number of nitrogens with zero attached hydrogens (tertiary/aromatic N) is 2. The number of rotatable bonds is 3. The summed E-state index contributed by atoms with van der Waals surface area (Å²) in [6, 6.07) is 2.28. The van der Waals surface area contributed by atoms with E-state index < -0.39 is 0 Å². The minimum Gasteiger partial charge on any atom is -0.303 e. The fraction of sp³-hybridized carbons (Fsp3) is 0.900. The minimum absolute atomic E-state index is 0.229. The summed E-state index contributed by atoms with van der Waals surface area (Å²) in [7, 11) is 0. The Kier molecular flexibility index (Phi) is 4.10. The second-order valence-corrected chi connectivity index (χ2v) is 3.72. The fourth-order valence-electron chi connectivity index (χ4n) is 1.62. The van der Waals surface area contributed by atoms with Crippen LogP contribution in [0.1, 0.15) is 32.6 Å². The molecule has 2 nitrogen and oxygen atoms in total. The van der Waals surface area contributed by atoms with Crippen molar-refractivity contribution in [3.63, 3.8) is 0 Å². The quantitative estimate of drug-likeness (QED) is 0.641. The van der Waals surface area contributed by atoms with E-state index in [9.17, 15) is 0 Å². The van der Waals surface area contributed by atoms with Gasteiger partial charge in [-0.05, 0) is 45.8 Å². The average molecular weight is 166 g/mol. The standard InChI is InChI=1S/C10H18N2/c1-10(9-11)5-8-12-6-3-2-4-7-12/h10H,2-8H2,1H3. The summed E-state index contributed by atoms with van der Waals surface area (Å²) in [6.07, 6.45) is 5.13. The summed E-state index contributed by atoms with van der Waals surface area (Å²) < 4.78 is 0. The SMILES string of the molecule is CC(C#N)CCN1CCCCC1. The van der Waals surface area contributed by atoms with Crippen LogP contribution < -0.4 is 0 Å². The molecule has 0 aromatic carbocycles. The monoisotopic (exact) mass is 166 g/mol. The molecule has 0 saturated carbocycles. The lowest BCUT2D eigenvalue weighted by Gasteiger charge is -2.26. The molecule has 0 spiro atoms. The van der Waals surface area contributed by atoms with E-state index in [-0.39, 0.29) is 5.92 Å². The first-order valence-corrected chi connectivity index (χ1v) is 4.95. The molecule has 1 unspecified atom stereocenters. The maximum Gasteiger partial charge on any atom is 0.0653 e. The molecule has 1 saturated heterocycles. The van der Waals surface area contributed by atoms with Crippen LogP contribution in [0.2, 0.25) is 0 Å². The summed E-state index contributed by atoms with van der Waals surface area (Å²) in [4.78, 5) is 2.48. The zero-order valence-corrected chi connectivity index (χ0v) is 7.92. The summed E-state index contributed by atoms with van der Waals surface area (Å²) in [5.74, 6) is 0.229. The van der Waals surface area contributed by atoms with Crippen LogP contribution in [-0.2, 0) is 0 Å². The Labute approximate surface area is 75.2 Å². The van der Waals surface area contributed by atoms with Crippen LogP contribution in [0.25, 0.3) is 0 Å². The predicted molar refractivity (Wildman–Crippen MR) is 49.7 cm³/mol. The molecule has 1 atom stereocenters. The number of likely N-dealkylation sites (tertiary alicyclic amines) is 1. The number of hydrogen-bond donors (Lipinski definition) is 0. The maximum absolute atomic E-state index is 8.60. The van der Waals surface area contributed by atoms with Crippen molar-refractivity contribution in [3.8, 4) is 6.07 Å². The summed E-state index contributed by atoms with van der Waals surface area (Å²) in [5, 5.41) is 8.60. The molecule has 1 heterocycles. The van der Waals surface area contributed by atoms with Gasteiger partial charge in [0.2, 0.25) is 0 Å². The number of hydrogen-bond acceptors (Lipinski definition) is 2. The van der Waals surface area contributed by atoms with Crippen LogP contribution in [0.5, 0.6) is 0 Å². The van der Waals surface area contributed by atoms with Crippen molar-refractivity contribution in [2.75, 3.05) is 19.6 Å². The van der Waals surface area contributed by atoms with E-state index in [2.05, 4.69) is 11.0 Å². The van der Waals surface area contributed by atoms with Gasteiger partial charge < -0.3 is 4.90 Å². The molecule has 1 fully saturated rings. The highest BCUT2D eigenvalue weighted by Crippen LogP contribution is 2.10. The Morgan fingerprint density at radius 2 is 2.00 bits per heavy atom. The molecule has 68 valence electrons. The van der Waals surface area contributed by atoms with Crippen molar-refractivity contribution in [1.29, 1.82) is 5.26 Å². The normalized spacial score (nSPS) is 21.7. The van der Waals surface area contributed by atoms with E-state index in [0.29, 0.717) is 0 Å². The van der Waals surface area contributed by atoms with Crippen LogP contribution in [-0.4, -0.2) is 24.5 Å². The Balaban J connectivity index is 2.10. The molecule has 0 aromatic heterocycles. The van der Waals surface area contributed by atoms with Gasteiger partial charge in [-0.25, -0.2) is 0 Å². The highest BCUT2D eigenvalue weighted by molar-refractivity contribution is 4.79. The van der Waals surface area contributed by atoms with Crippen molar-refractivity contribution in [2.45, 2.75) is 32.6 Å². The van der Waals surface area contributed by atoms with Gasteiger partial charge in [-0.15, -0.1) is 0 Å². The maximum atomic E-state index is 8.60. The second kappa shape index (κ2) is 5.16. The van der Waals surface area contributed by atoms with E-state index in [1.165, 1.54) is 32.4 Å². The van der Waals surface area contributed by atoms with Crippen LogP contribution in [0.15, 0.2) is 0 Å². The van der Waals surface area contributed by atoms with Gasteiger partial charge in [-0.2, -0.15) is 5.26 Å². The molecule has 0 aromatic rings. The first-order valence-electron chi connectivity index (χ1n) is 4.95. The van der Waals surface area contributed by atoms with Crippen molar-refractivity contribution < 1.29 is 0 Å². The lowest BCUT2D eigenvalue weighted by molar-refractivity contribution is 0.220. The fourth-order valence-corrected chi connectivity index (χ4v) is 1.62. The molecule has 1 aliphatic rings. The predicted octanol–water partition coefficient (Wildman–Crippen LogP) is 2.02. The van der Waals surface area contributed by atoms with E-state index in [4.69, 9.17) is 5.26 Å². The average Bonchev–Trinajstić information content (AvgIpc) is 2.16. The summed E-state index contributed by atoms with van der Waals surface area (Å²) in [5.41, 5.74) is 0. The third kappa shape index (κ3) is 3.23. The van der Waals surface area contributed by atoms with Gasteiger partial charge in [-0.1, -0.05) is 6.42 Å². The molecule has 1 aliphatic heterocycles. The van der Waals surface area contributed by atoms with Gasteiger partial charge >= 0.3 is 0 Å². The Hall–Kier alpha value is -0.550. The van der Waals surface area contributed by atoms with Crippen LogP contribution in [0.4, 0.5) is 0 Å². The Bertz CT molecular complexity index is 154. The molecule has 0 amide bonds. The van der Waals surface area contributed by atoms with E-state index in [0.717, 1.165) is 13.0 Å². The zero-order valence-electron chi connectivity index (χ0n) is 7.92. The highest BCUT2D eigenvalue weighted by Gasteiger charge is 2.10. The summed E-state index contributed by atoms with van der Waals surface area (Å²) >= 11 is 0. The van der Waals surface area contributed by atoms with Gasteiger partial charge in [-0.3, -0.25) is 0 Å². The second-order valence-electron chi connectivity index (χ2n) is 3.72. The van der Waals surface area contributed by atoms with Crippen molar-refractivity contribution in [3.05, 3.63) is 0 Å². The molecular weight excluding hydrogens is 148 g/mol. The minimum atomic E-state index is 0.229. The van der Waals surface area contributed by atoms with Crippen molar-refractivity contribution >= 4 is 0 Å². The molecule has 0 N–H and O–H groups in total. The van der Waals surface area contributed by atoms with Crippen LogP contribution >= 0.6 is 0 Å². The molecule has 2 heteroatoms. The lowest BCUT2D eigenvalue weighted by Crippen LogP contribution is -2.31. The molecule has 1 rings (SSSR count). The third-order valence-corrected chi connectivity index (χ3v) is 2.55. The van der Waals surface area contributed by atoms with Crippen LogP contribution in [0, 0.1) is 17.2 Å². The van der Waals surface area contributed by atoms with Crippen molar-refractivity contribution in [2.24, 2.45) is 5.92 Å². The van der Waals surface area contributed by atoms with Gasteiger partial charge in [0.05, 0.1) is 6.07 Å². The topological polar surface area (TPSA) is 27.0 Å². The highest BCUT2D eigenvalue weighted by atomic mass is 15.1. The third-order valence-electron chi connectivity index (χ3n) is 2.55. The smallest absolute Gasteiger partial charge is 0.0653 e. The summed E-state index contributed by atoms with van der Waals surface area (Å²) in [6.45, 7) is 5.62.